The summed E-state index contributed by atoms with van der Waals surface area (Å²) in [6.07, 6.45) is 1.59. The number of oxazole rings is 1. The summed E-state index contributed by atoms with van der Waals surface area (Å²) in [4.78, 5) is 26.8. The number of carbonyl (C=O) groups is 2. The van der Waals surface area contributed by atoms with Gasteiger partial charge in [-0.2, -0.15) is 12.6 Å². The fraction of sp³-hybridized carbons (Fsp3) is 0.545. The summed E-state index contributed by atoms with van der Waals surface area (Å²) in [5, 5.41) is 5.22. The molecule has 2 unspecified atom stereocenters. The maximum atomic E-state index is 11.9. The molecule has 2 N–H and O–H groups in total. The number of nitrogens with zero attached hydrogens (tertiary/aromatic N) is 1. The van der Waals surface area contributed by atoms with E-state index in [9.17, 15) is 9.59 Å². The Balaban J connectivity index is 2.60. The van der Waals surface area contributed by atoms with E-state index in [4.69, 9.17) is 4.42 Å². The summed E-state index contributed by atoms with van der Waals surface area (Å²) >= 11 is 4.03. The van der Waals surface area contributed by atoms with Crippen molar-refractivity contribution in [2.75, 3.05) is 5.75 Å². The van der Waals surface area contributed by atoms with Crippen molar-refractivity contribution in [2.24, 2.45) is 0 Å². The van der Waals surface area contributed by atoms with Crippen LogP contribution in [0, 0.1) is 6.92 Å². The van der Waals surface area contributed by atoms with Crippen molar-refractivity contribution < 1.29 is 14.0 Å². The molecule has 1 rings (SSSR count). The van der Waals surface area contributed by atoms with Gasteiger partial charge in [0.25, 0.3) is 0 Å². The molecule has 2 amide bonds. The summed E-state index contributed by atoms with van der Waals surface area (Å²) in [5.41, 5.74) is 0. The Morgan fingerprint density at radius 3 is 2.61 bits per heavy atom. The molecule has 0 aromatic carbocycles. The highest BCUT2D eigenvalue weighted by atomic mass is 32.1. The minimum atomic E-state index is -0.663. The molecule has 0 bridgehead atoms. The van der Waals surface area contributed by atoms with Gasteiger partial charge in [-0.25, -0.2) is 4.98 Å². The molecule has 0 aliphatic heterocycles. The lowest BCUT2D eigenvalue weighted by atomic mass is 10.2. The van der Waals surface area contributed by atoms with Gasteiger partial charge in [0.1, 0.15) is 17.8 Å². The molecule has 0 spiro atoms. The Kier molecular flexibility index (Phi) is 5.21. The van der Waals surface area contributed by atoms with Gasteiger partial charge in [-0.15, -0.1) is 0 Å². The topological polar surface area (TPSA) is 84.2 Å². The van der Waals surface area contributed by atoms with Crippen molar-refractivity contribution in [1.29, 1.82) is 0 Å². The van der Waals surface area contributed by atoms with Crippen LogP contribution in [-0.4, -0.2) is 28.6 Å². The molecule has 18 heavy (non-hydrogen) atoms. The first kappa shape index (κ1) is 14.6. The van der Waals surface area contributed by atoms with Gasteiger partial charge in [0.05, 0.1) is 6.20 Å². The van der Waals surface area contributed by atoms with Crippen LogP contribution in [-0.2, 0) is 9.59 Å². The number of carbonyl (C=O) groups excluding carboxylic acids is 2. The summed E-state index contributed by atoms with van der Waals surface area (Å²) in [6.45, 7) is 4.88. The van der Waals surface area contributed by atoms with E-state index in [2.05, 4.69) is 28.2 Å². The molecule has 2 atom stereocenters. The SMILES string of the molecule is CC(=O)NC(CS)C(=O)NC(C)c1ncc(C)o1. The van der Waals surface area contributed by atoms with E-state index in [1.54, 1.807) is 20.0 Å². The molecule has 0 radical (unpaired) electrons. The molecular weight excluding hydrogens is 254 g/mol. The third-order valence-electron chi connectivity index (χ3n) is 2.24. The average Bonchev–Trinajstić information content (AvgIpc) is 2.72. The van der Waals surface area contributed by atoms with Crippen LogP contribution in [0.3, 0.4) is 0 Å². The molecule has 1 aromatic heterocycles. The number of hydrogen-bond donors (Lipinski definition) is 3. The van der Waals surface area contributed by atoms with Crippen LogP contribution in [0.5, 0.6) is 0 Å². The third-order valence-corrected chi connectivity index (χ3v) is 2.61. The number of thiol groups is 1. The average molecular weight is 271 g/mol. The standard InChI is InChI=1S/C11H17N3O3S/c1-6-4-12-11(17-6)7(2)13-10(16)9(5-18)14-8(3)15/h4,7,9,18H,5H2,1-3H3,(H,13,16)(H,14,15). The molecular formula is C11H17N3O3S. The van der Waals surface area contributed by atoms with Gasteiger partial charge in [-0.3, -0.25) is 9.59 Å². The predicted octanol–water partition coefficient (Wildman–Crippen LogP) is 0.595. The second-order valence-corrected chi connectivity index (χ2v) is 4.34. The maximum absolute atomic E-state index is 11.9. The second-order valence-electron chi connectivity index (χ2n) is 3.98. The van der Waals surface area contributed by atoms with E-state index >= 15 is 0 Å². The lowest BCUT2D eigenvalue weighted by Gasteiger charge is -2.17. The highest BCUT2D eigenvalue weighted by Crippen LogP contribution is 2.11. The smallest absolute Gasteiger partial charge is 0.244 e. The monoisotopic (exact) mass is 271 g/mol. The van der Waals surface area contributed by atoms with Crippen molar-refractivity contribution in [1.82, 2.24) is 15.6 Å². The van der Waals surface area contributed by atoms with E-state index in [0.717, 1.165) is 0 Å². The Hall–Kier alpha value is -1.50. The highest BCUT2D eigenvalue weighted by Gasteiger charge is 2.21. The first-order chi connectivity index (χ1) is 8.43. The highest BCUT2D eigenvalue weighted by molar-refractivity contribution is 7.80. The minimum Gasteiger partial charge on any atom is -0.444 e. The van der Waals surface area contributed by atoms with Gasteiger partial charge in [0.15, 0.2) is 0 Å². The van der Waals surface area contributed by atoms with E-state index in [1.807, 2.05) is 0 Å². The Morgan fingerprint density at radius 1 is 1.50 bits per heavy atom. The van der Waals surface area contributed by atoms with Crippen molar-refractivity contribution in [3.05, 3.63) is 17.8 Å². The maximum Gasteiger partial charge on any atom is 0.244 e. The van der Waals surface area contributed by atoms with Crippen molar-refractivity contribution in [2.45, 2.75) is 32.9 Å². The lowest BCUT2D eigenvalue weighted by Crippen LogP contribution is -2.47. The molecule has 7 heteroatoms. The number of nitrogens with one attached hydrogen (secondary N) is 2. The molecule has 0 saturated carbocycles. The minimum absolute atomic E-state index is 0.225. The number of aryl methyl sites for hydroxylation is 1. The number of amides is 2. The van der Waals surface area contributed by atoms with Crippen LogP contribution in [0.15, 0.2) is 10.6 Å². The van der Waals surface area contributed by atoms with Gasteiger partial charge in [0, 0.05) is 12.7 Å². The third kappa shape index (κ3) is 4.06. The number of hydrogen-bond acceptors (Lipinski definition) is 5. The molecule has 0 fully saturated rings. The van der Waals surface area contributed by atoms with Gasteiger partial charge in [0.2, 0.25) is 17.7 Å². The molecule has 6 nitrogen and oxygen atoms in total. The summed E-state index contributed by atoms with van der Waals surface area (Å²) in [6, 6.07) is -1.02. The molecule has 1 aromatic rings. The zero-order valence-corrected chi connectivity index (χ0v) is 11.5. The van der Waals surface area contributed by atoms with Gasteiger partial charge >= 0.3 is 0 Å². The fourth-order valence-corrected chi connectivity index (χ4v) is 1.64. The first-order valence-electron chi connectivity index (χ1n) is 5.54. The van der Waals surface area contributed by atoms with Gasteiger partial charge < -0.3 is 15.1 Å². The van der Waals surface area contributed by atoms with E-state index in [1.165, 1.54) is 6.92 Å². The zero-order chi connectivity index (χ0) is 13.7. The summed E-state index contributed by atoms with van der Waals surface area (Å²) < 4.78 is 5.31. The zero-order valence-electron chi connectivity index (χ0n) is 10.6. The van der Waals surface area contributed by atoms with Crippen LogP contribution in [0.25, 0.3) is 0 Å². The lowest BCUT2D eigenvalue weighted by molar-refractivity contribution is -0.128. The first-order valence-corrected chi connectivity index (χ1v) is 6.18. The van der Waals surface area contributed by atoms with Crippen molar-refractivity contribution in [3.8, 4) is 0 Å². The molecule has 1 heterocycles. The van der Waals surface area contributed by atoms with Crippen LogP contribution in [0.2, 0.25) is 0 Å². The number of aromatic nitrogens is 1. The molecule has 0 saturated heterocycles. The van der Waals surface area contributed by atoms with E-state index in [-0.39, 0.29) is 23.6 Å². The summed E-state index contributed by atoms with van der Waals surface area (Å²) in [5.74, 6) is 0.746. The van der Waals surface area contributed by atoms with Crippen molar-refractivity contribution >= 4 is 24.4 Å². The van der Waals surface area contributed by atoms with Crippen LogP contribution in [0.1, 0.15) is 31.5 Å². The van der Waals surface area contributed by atoms with Gasteiger partial charge in [-0.1, -0.05) is 0 Å². The largest absolute Gasteiger partial charge is 0.444 e. The normalized spacial score (nSPS) is 13.8. The Labute approximate surface area is 111 Å². The van der Waals surface area contributed by atoms with E-state index in [0.29, 0.717) is 11.7 Å². The fourth-order valence-electron chi connectivity index (χ4n) is 1.39. The molecule has 0 aliphatic rings. The van der Waals surface area contributed by atoms with E-state index < -0.39 is 6.04 Å². The number of rotatable bonds is 5. The summed E-state index contributed by atoms with van der Waals surface area (Å²) in [7, 11) is 0. The van der Waals surface area contributed by atoms with Gasteiger partial charge in [-0.05, 0) is 13.8 Å². The van der Waals surface area contributed by atoms with Crippen LogP contribution in [0.4, 0.5) is 0 Å². The Bertz CT molecular complexity index is 433. The van der Waals surface area contributed by atoms with Crippen LogP contribution < -0.4 is 10.6 Å². The molecule has 0 aliphatic carbocycles. The quantitative estimate of drug-likeness (QED) is 0.685. The predicted molar refractivity (Wildman–Crippen MR) is 69.3 cm³/mol. The van der Waals surface area contributed by atoms with Crippen molar-refractivity contribution in [3.63, 3.8) is 0 Å². The second kappa shape index (κ2) is 6.44. The molecule has 100 valence electrons. The Morgan fingerprint density at radius 2 is 2.17 bits per heavy atom. The van der Waals surface area contributed by atoms with Crippen LogP contribution >= 0.6 is 12.6 Å².